The fourth-order valence-corrected chi connectivity index (χ4v) is 7.43. The standard InChI is InChI=1S/C30H23ClO2S/c31-29-13-7-12-26-25-16-14-21-18-23(34(32,33)22-10-5-2-6-11-22)15-17-24(21)28(25)19-27(30(26)29)20-8-3-1-4-9-20/h1-14,16,19,23H,15,17-18H2. The van der Waals surface area contributed by atoms with Gasteiger partial charge in [-0.25, -0.2) is 8.42 Å². The molecule has 0 fully saturated rings. The van der Waals surface area contributed by atoms with Gasteiger partial charge < -0.3 is 0 Å². The molecule has 4 heteroatoms. The maximum atomic E-state index is 13.3. The molecule has 0 radical (unpaired) electrons. The van der Waals surface area contributed by atoms with Crippen LogP contribution in [0.3, 0.4) is 0 Å². The Hall–Kier alpha value is -3.14. The molecule has 0 N–H and O–H groups in total. The highest BCUT2D eigenvalue weighted by Crippen LogP contribution is 2.42. The molecule has 0 saturated heterocycles. The lowest BCUT2D eigenvalue weighted by atomic mass is 9.84. The Morgan fingerprint density at radius 1 is 0.735 bits per heavy atom. The monoisotopic (exact) mass is 482 g/mol. The molecule has 168 valence electrons. The Morgan fingerprint density at radius 3 is 2.24 bits per heavy atom. The zero-order valence-corrected chi connectivity index (χ0v) is 20.1. The molecule has 0 amide bonds. The third-order valence-electron chi connectivity index (χ3n) is 7.08. The molecule has 1 aliphatic rings. The average molecular weight is 483 g/mol. The topological polar surface area (TPSA) is 34.1 Å². The molecule has 0 bridgehead atoms. The third kappa shape index (κ3) is 3.43. The van der Waals surface area contributed by atoms with E-state index >= 15 is 0 Å². The summed E-state index contributed by atoms with van der Waals surface area (Å²) in [5, 5.41) is 4.89. The first kappa shape index (κ1) is 21.4. The first-order valence-corrected chi connectivity index (χ1v) is 13.5. The second kappa shape index (κ2) is 8.26. The molecule has 34 heavy (non-hydrogen) atoms. The van der Waals surface area contributed by atoms with Gasteiger partial charge in [-0.05, 0) is 81.9 Å². The summed E-state index contributed by atoms with van der Waals surface area (Å²) in [6.07, 6.45) is 1.90. The SMILES string of the molecule is O=S(=O)(c1ccccc1)C1CCc2c(ccc3c2cc(-c2ccccc2)c2c(Cl)cccc23)C1. The van der Waals surface area contributed by atoms with Gasteiger partial charge in [0.15, 0.2) is 9.84 Å². The molecule has 0 aliphatic heterocycles. The number of aryl methyl sites for hydroxylation is 1. The van der Waals surface area contributed by atoms with E-state index in [9.17, 15) is 8.42 Å². The van der Waals surface area contributed by atoms with Gasteiger partial charge >= 0.3 is 0 Å². The van der Waals surface area contributed by atoms with E-state index in [1.807, 2.05) is 36.4 Å². The highest BCUT2D eigenvalue weighted by molar-refractivity contribution is 7.92. The van der Waals surface area contributed by atoms with E-state index in [4.69, 9.17) is 11.6 Å². The smallest absolute Gasteiger partial charge is 0.181 e. The maximum absolute atomic E-state index is 13.3. The molecule has 0 spiro atoms. The Morgan fingerprint density at radius 2 is 1.47 bits per heavy atom. The van der Waals surface area contributed by atoms with Crippen molar-refractivity contribution in [3.05, 3.63) is 113 Å². The van der Waals surface area contributed by atoms with Crippen LogP contribution in [0.5, 0.6) is 0 Å². The minimum Gasteiger partial charge on any atom is -0.223 e. The minimum absolute atomic E-state index is 0.400. The first-order chi connectivity index (χ1) is 16.5. The van der Waals surface area contributed by atoms with Crippen molar-refractivity contribution in [2.24, 2.45) is 0 Å². The number of hydrogen-bond donors (Lipinski definition) is 0. The molecule has 6 rings (SSSR count). The van der Waals surface area contributed by atoms with Crippen LogP contribution in [0.4, 0.5) is 0 Å². The van der Waals surface area contributed by atoms with Gasteiger partial charge in [-0.3, -0.25) is 0 Å². The molecule has 5 aromatic rings. The van der Waals surface area contributed by atoms with Gasteiger partial charge in [-0.1, -0.05) is 84.4 Å². The number of rotatable bonds is 3. The largest absolute Gasteiger partial charge is 0.223 e. The zero-order chi connectivity index (χ0) is 23.3. The van der Waals surface area contributed by atoms with E-state index in [0.29, 0.717) is 17.7 Å². The molecule has 1 unspecified atom stereocenters. The summed E-state index contributed by atoms with van der Waals surface area (Å²) in [6.45, 7) is 0. The maximum Gasteiger partial charge on any atom is 0.181 e. The van der Waals surface area contributed by atoms with Gasteiger partial charge in [-0.15, -0.1) is 0 Å². The van der Waals surface area contributed by atoms with Gasteiger partial charge in [0.25, 0.3) is 0 Å². The van der Waals surface area contributed by atoms with E-state index in [1.165, 1.54) is 16.3 Å². The van der Waals surface area contributed by atoms with E-state index in [2.05, 4.69) is 36.4 Å². The number of halogens is 1. The molecule has 1 atom stereocenters. The molecule has 1 aliphatic carbocycles. The quantitative estimate of drug-likeness (QED) is 0.247. The van der Waals surface area contributed by atoms with Gasteiger partial charge in [0.2, 0.25) is 0 Å². The van der Waals surface area contributed by atoms with E-state index in [-0.39, 0.29) is 0 Å². The van der Waals surface area contributed by atoms with Crippen LogP contribution in [0.15, 0.2) is 102 Å². The lowest BCUT2D eigenvalue weighted by Crippen LogP contribution is -2.28. The van der Waals surface area contributed by atoms with Crippen LogP contribution in [0.1, 0.15) is 17.5 Å². The van der Waals surface area contributed by atoms with E-state index in [1.54, 1.807) is 24.3 Å². The Labute approximate surface area is 204 Å². The van der Waals surface area contributed by atoms with Crippen LogP contribution in [0, 0.1) is 0 Å². The lowest BCUT2D eigenvalue weighted by molar-refractivity contribution is 0.562. The number of benzene rings is 5. The summed E-state index contributed by atoms with van der Waals surface area (Å²) in [6, 6.07) is 31.8. The Bertz CT molecular complexity index is 1640. The van der Waals surface area contributed by atoms with Crippen LogP contribution in [0.2, 0.25) is 5.02 Å². The van der Waals surface area contributed by atoms with Crippen molar-refractivity contribution in [1.82, 2.24) is 0 Å². The highest BCUT2D eigenvalue weighted by atomic mass is 35.5. The summed E-state index contributed by atoms with van der Waals surface area (Å²) >= 11 is 6.72. The van der Waals surface area contributed by atoms with Gasteiger partial charge in [0, 0.05) is 10.4 Å². The fourth-order valence-electron chi connectivity index (χ4n) is 5.40. The molecular formula is C30H23ClO2S. The molecular weight excluding hydrogens is 460 g/mol. The van der Waals surface area contributed by atoms with E-state index < -0.39 is 15.1 Å². The predicted molar refractivity (Wildman–Crippen MR) is 141 cm³/mol. The van der Waals surface area contributed by atoms with E-state index in [0.717, 1.165) is 38.9 Å². The van der Waals surface area contributed by atoms with Crippen LogP contribution < -0.4 is 0 Å². The number of sulfone groups is 1. The summed E-state index contributed by atoms with van der Waals surface area (Å²) in [5.41, 5.74) is 4.63. The minimum atomic E-state index is -3.37. The Balaban J connectivity index is 1.54. The van der Waals surface area contributed by atoms with Crippen molar-refractivity contribution >= 4 is 43.0 Å². The summed E-state index contributed by atoms with van der Waals surface area (Å²) in [5.74, 6) is 0. The van der Waals surface area contributed by atoms with Gasteiger partial charge in [-0.2, -0.15) is 0 Å². The number of fused-ring (bicyclic) bond motifs is 5. The van der Waals surface area contributed by atoms with Gasteiger partial charge in [0.05, 0.1) is 10.1 Å². The van der Waals surface area contributed by atoms with Crippen molar-refractivity contribution in [3.8, 4) is 11.1 Å². The first-order valence-electron chi connectivity index (χ1n) is 11.5. The van der Waals surface area contributed by atoms with Crippen LogP contribution >= 0.6 is 11.6 Å². The van der Waals surface area contributed by atoms with Crippen LogP contribution in [-0.4, -0.2) is 13.7 Å². The van der Waals surface area contributed by atoms with Gasteiger partial charge in [0.1, 0.15) is 0 Å². The van der Waals surface area contributed by atoms with Crippen molar-refractivity contribution in [2.75, 3.05) is 0 Å². The molecule has 0 heterocycles. The Kier molecular flexibility index (Phi) is 5.20. The molecule has 2 nitrogen and oxygen atoms in total. The second-order valence-electron chi connectivity index (χ2n) is 8.97. The summed E-state index contributed by atoms with van der Waals surface area (Å²) in [7, 11) is -3.37. The van der Waals surface area contributed by atoms with Crippen molar-refractivity contribution < 1.29 is 8.42 Å². The van der Waals surface area contributed by atoms with Crippen LogP contribution in [0.25, 0.3) is 32.7 Å². The summed E-state index contributed by atoms with van der Waals surface area (Å²) in [4.78, 5) is 0.413. The highest BCUT2D eigenvalue weighted by Gasteiger charge is 2.32. The lowest BCUT2D eigenvalue weighted by Gasteiger charge is -2.26. The predicted octanol–water partition coefficient (Wildman–Crippen LogP) is 7.64. The summed E-state index contributed by atoms with van der Waals surface area (Å²) < 4.78 is 26.6. The van der Waals surface area contributed by atoms with Crippen molar-refractivity contribution in [1.29, 1.82) is 0 Å². The van der Waals surface area contributed by atoms with Crippen molar-refractivity contribution in [3.63, 3.8) is 0 Å². The second-order valence-corrected chi connectivity index (χ2v) is 11.6. The fraction of sp³-hybridized carbons (Fsp3) is 0.133. The molecule has 0 saturated carbocycles. The normalized spacial score (nSPS) is 16.0. The molecule has 0 aromatic heterocycles. The molecule has 5 aromatic carbocycles. The van der Waals surface area contributed by atoms with Crippen molar-refractivity contribution in [2.45, 2.75) is 29.4 Å². The van der Waals surface area contributed by atoms with Crippen LogP contribution in [-0.2, 0) is 22.7 Å². The zero-order valence-electron chi connectivity index (χ0n) is 18.5. The number of hydrogen-bond acceptors (Lipinski definition) is 2. The third-order valence-corrected chi connectivity index (χ3v) is 9.60. The average Bonchev–Trinajstić information content (AvgIpc) is 2.89.